The van der Waals surface area contributed by atoms with Crippen LogP contribution in [0, 0.1) is 5.92 Å². The fourth-order valence-corrected chi connectivity index (χ4v) is 2.02. The van der Waals surface area contributed by atoms with Crippen LogP contribution in [0.1, 0.15) is 23.3 Å². The van der Waals surface area contributed by atoms with Crippen LogP contribution in [-0.4, -0.2) is 35.4 Å². The molecule has 1 fully saturated rings. The summed E-state index contributed by atoms with van der Waals surface area (Å²) >= 11 is 0. The van der Waals surface area contributed by atoms with Gasteiger partial charge in [-0.1, -0.05) is 0 Å². The van der Waals surface area contributed by atoms with E-state index < -0.39 is 0 Å². The Morgan fingerprint density at radius 1 is 1.76 bits per heavy atom. The Labute approximate surface area is 100 Å². The summed E-state index contributed by atoms with van der Waals surface area (Å²) < 4.78 is 6.77. The first-order chi connectivity index (χ1) is 8.18. The Kier molecular flexibility index (Phi) is 3.63. The molecule has 0 spiro atoms. The molecule has 0 saturated carbocycles. The van der Waals surface area contributed by atoms with Crippen molar-refractivity contribution in [3.63, 3.8) is 0 Å². The number of aryl methyl sites for hydroxylation is 1. The van der Waals surface area contributed by atoms with Crippen molar-refractivity contribution in [1.82, 2.24) is 15.1 Å². The van der Waals surface area contributed by atoms with E-state index in [1.807, 2.05) is 0 Å². The summed E-state index contributed by atoms with van der Waals surface area (Å²) in [5.74, 6) is 0.403. The predicted octanol–water partition coefficient (Wildman–Crippen LogP) is 0.159. The normalized spacial score (nSPS) is 19.5. The maximum atomic E-state index is 11.8. The number of nitrogen functional groups attached to an aromatic ring is 1. The van der Waals surface area contributed by atoms with Crippen molar-refractivity contribution in [3.05, 3.63) is 11.9 Å². The van der Waals surface area contributed by atoms with Gasteiger partial charge in [0.15, 0.2) is 0 Å². The molecule has 6 heteroatoms. The molecule has 1 aromatic rings. The second-order valence-corrected chi connectivity index (χ2v) is 4.35. The molecule has 3 N–H and O–H groups in total. The zero-order valence-corrected chi connectivity index (χ0v) is 9.98. The van der Waals surface area contributed by atoms with Gasteiger partial charge in [-0.3, -0.25) is 9.48 Å². The highest BCUT2D eigenvalue weighted by atomic mass is 16.5. The summed E-state index contributed by atoms with van der Waals surface area (Å²) in [5, 5.41) is 6.79. The molecule has 1 aliphatic heterocycles. The van der Waals surface area contributed by atoms with Gasteiger partial charge in [-0.2, -0.15) is 5.10 Å². The molecule has 1 atom stereocenters. The lowest BCUT2D eigenvalue weighted by atomic mass is 10.1. The summed E-state index contributed by atoms with van der Waals surface area (Å²) in [6.45, 7) is 2.30. The second-order valence-electron chi connectivity index (χ2n) is 4.35. The van der Waals surface area contributed by atoms with Gasteiger partial charge in [0.25, 0.3) is 5.91 Å². The third kappa shape index (κ3) is 2.76. The zero-order chi connectivity index (χ0) is 12.3. The zero-order valence-electron chi connectivity index (χ0n) is 9.98. The number of rotatable bonds is 4. The number of nitrogens with zero attached hydrogens (tertiary/aromatic N) is 2. The van der Waals surface area contributed by atoms with E-state index in [2.05, 4.69) is 10.4 Å². The standard InChI is InChI=1S/C11H18N4O2/c1-15-10(9(12)6-14-15)11(16)13-4-2-8-3-5-17-7-8/h6,8H,2-5,7,12H2,1H3,(H,13,16). The lowest BCUT2D eigenvalue weighted by Gasteiger charge is -2.09. The van der Waals surface area contributed by atoms with E-state index >= 15 is 0 Å². The number of amides is 1. The lowest BCUT2D eigenvalue weighted by molar-refractivity contribution is 0.0942. The number of nitrogens with one attached hydrogen (secondary N) is 1. The van der Waals surface area contributed by atoms with Gasteiger partial charge in [0.2, 0.25) is 0 Å². The highest BCUT2D eigenvalue weighted by Crippen LogP contribution is 2.15. The van der Waals surface area contributed by atoms with E-state index in [4.69, 9.17) is 10.5 Å². The quantitative estimate of drug-likeness (QED) is 0.782. The van der Waals surface area contributed by atoms with Crippen LogP contribution in [-0.2, 0) is 11.8 Å². The number of aromatic nitrogens is 2. The Bertz CT molecular complexity index is 377. The average molecular weight is 238 g/mol. The Hall–Kier alpha value is -1.56. The molecule has 2 heterocycles. The van der Waals surface area contributed by atoms with Gasteiger partial charge in [-0.25, -0.2) is 0 Å². The summed E-state index contributed by atoms with van der Waals surface area (Å²) in [7, 11) is 1.70. The number of carbonyl (C=O) groups excluding carboxylic acids is 1. The largest absolute Gasteiger partial charge is 0.396 e. The molecule has 0 radical (unpaired) electrons. The van der Waals surface area contributed by atoms with Crippen LogP contribution in [0.2, 0.25) is 0 Å². The van der Waals surface area contributed by atoms with Crippen LogP contribution >= 0.6 is 0 Å². The highest BCUT2D eigenvalue weighted by Gasteiger charge is 2.17. The van der Waals surface area contributed by atoms with Crippen molar-refractivity contribution >= 4 is 11.6 Å². The maximum Gasteiger partial charge on any atom is 0.271 e. The van der Waals surface area contributed by atoms with Gasteiger partial charge < -0.3 is 15.8 Å². The Morgan fingerprint density at radius 3 is 3.18 bits per heavy atom. The molecule has 17 heavy (non-hydrogen) atoms. The Balaban J connectivity index is 1.81. The molecule has 0 aliphatic carbocycles. The lowest BCUT2D eigenvalue weighted by Crippen LogP contribution is -2.28. The smallest absolute Gasteiger partial charge is 0.271 e. The van der Waals surface area contributed by atoms with Crippen molar-refractivity contribution in [1.29, 1.82) is 0 Å². The van der Waals surface area contributed by atoms with Crippen LogP contribution in [0.5, 0.6) is 0 Å². The first kappa shape index (κ1) is 11.9. The van der Waals surface area contributed by atoms with Crippen LogP contribution in [0.4, 0.5) is 5.69 Å². The predicted molar refractivity (Wildman–Crippen MR) is 63.5 cm³/mol. The molecule has 1 unspecified atom stereocenters. The van der Waals surface area contributed by atoms with Crippen LogP contribution in [0.15, 0.2) is 6.20 Å². The molecule has 1 amide bonds. The summed E-state index contributed by atoms with van der Waals surface area (Å²) in [6, 6.07) is 0. The highest BCUT2D eigenvalue weighted by molar-refractivity contribution is 5.97. The van der Waals surface area contributed by atoms with Crippen molar-refractivity contribution in [2.24, 2.45) is 13.0 Å². The van der Waals surface area contributed by atoms with E-state index in [0.29, 0.717) is 23.8 Å². The van der Waals surface area contributed by atoms with Crippen LogP contribution < -0.4 is 11.1 Å². The SMILES string of the molecule is Cn1ncc(N)c1C(=O)NCCC1CCOC1. The van der Waals surface area contributed by atoms with Crippen molar-refractivity contribution in [3.8, 4) is 0 Å². The average Bonchev–Trinajstić information content (AvgIpc) is 2.89. The summed E-state index contributed by atoms with van der Waals surface area (Å²) in [6.07, 6.45) is 3.52. The molecule has 0 aromatic carbocycles. The number of carbonyl (C=O) groups is 1. The number of hydrogen-bond acceptors (Lipinski definition) is 4. The number of nitrogens with two attached hydrogens (primary N) is 1. The van der Waals surface area contributed by atoms with Crippen molar-refractivity contribution < 1.29 is 9.53 Å². The number of anilines is 1. The fourth-order valence-electron chi connectivity index (χ4n) is 2.02. The topological polar surface area (TPSA) is 82.2 Å². The van der Waals surface area contributed by atoms with E-state index in [0.717, 1.165) is 26.1 Å². The van der Waals surface area contributed by atoms with E-state index in [1.54, 1.807) is 7.05 Å². The summed E-state index contributed by atoms with van der Waals surface area (Å²) in [4.78, 5) is 11.8. The van der Waals surface area contributed by atoms with Gasteiger partial charge in [0.1, 0.15) is 5.69 Å². The van der Waals surface area contributed by atoms with E-state index in [-0.39, 0.29) is 5.91 Å². The van der Waals surface area contributed by atoms with Crippen molar-refractivity contribution in [2.45, 2.75) is 12.8 Å². The van der Waals surface area contributed by atoms with Gasteiger partial charge in [0, 0.05) is 26.8 Å². The van der Waals surface area contributed by atoms with Crippen LogP contribution in [0.3, 0.4) is 0 Å². The first-order valence-corrected chi connectivity index (χ1v) is 5.82. The molecule has 6 nitrogen and oxygen atoms in total. The first-order valence-electron chi connectivity index (χ1n) is 5.82. The molecule has 94 valence electrons. The van der Waals surface area contributed by atoms with E-state index in [9.17, 15) is 4.79 Å². The number of hydrogen-bond donors (Lipinski definition) is 2. The minimum atomic E-state index is -0.165. The third-order valence-electron chi connectivity index (χ3n) is 3.04. The second kappa shape index (κ2) is 5.18. The molecule has 0 bridgehead atoms. The van der Waals surface area contributed by atoms with Crippen LogP contribution in [0.25, 0.3) is 0 Å². The minimum absolute atomic E-state index is 0.165. The van der Waals surface area contributed by atoms with Gasteiger partial charge >= 0.3 is 0 Å². The van der Waals surface area contributed by atoms with E-state index in [1.165, 1.54) is 10.9 Å². The molecule has 2 rings (SSSR count). The monoisotopic (exact) mass is 238 g/mol. The maximum absolute atomic E-state index is 11.8. The molecular weight excluding hydrogens is 220 g/mol. The van der Waals surface area contributed by atoms with Crippen molar-refractivity contribution in [2.75, 3.05) is 25.5 Å². The molecular formula is C11H18N4O2. The molecule has 1 saturated heterocycles. The van der Waals surface area contributed by atoms with Gasteiger partial charge in [-0.15, -0.1) is 0 Å². The minimum Gasteiger partial charge on any atom is -0.396 e. The third-order valence-corrected chi connectivity index (χ3v) is 3.04. The fraction of sp³-hybridized carbons (Fsp3) is 0.636. The Morgan fingerprint density at radius 2 is 2.59 bits per heavy atom. The number of ether oxygens (including phenoxy) is 1. The van der Waals surface area contributed by atoms with Gasteiger partial charge in [-0.05, 0) is 18.8 Å². The summed E-state index contributed by atoms with van der Waals surface area (Å²) in [5.41, 5.74) is 6.51. The molecule has 1 aliphatic rings. The molecule has 1 aromatic heterocycles. The van der Waals surface area contributed by atoms with Gasteiger partial charge in [0.05, 0.1) is 11.9 Å².